The maximum absolute atomic E-state index is 11.6. The Bertz CT molecular complexity index is 213. The number of rotatable bonds is 5. The maximum atomic E-state index is 11.6. The average Bonchev–Trinajstić information content (AvgIpc) is 2.26. The van der Waals surface area contributed by atoms with Crippen molar-refractivity contribution in [2.45, 2.75) is 33.6 Å². The molecule has 4 nitrogen and oxygen atoms in total. The van der Waals surface area contributed by atoms with E-state index in [1.165, 1.54) is 4.90 Å². The van der Waals surface area contributed by atoms with Gasteiger partial charge in [0.2, 0.25) is 0 Å². The summed E-state index contributed by atoms with van der Waals surface area (Å²) in [6.45, 7) is 7.64. The molecule has 0 aromatic heterocycles. The Labute approximate surface area is 92.2 Å². The van der Waals surface area contributed by atoms with Gasteiger partial charge in [0.15, 0.2) is 0 Å². The number of amides is 2. The van der Waals surface area contributed by atoms with Crippen molar-refractivity contribution in [1.29, 1.82) is 0 Å². The molecule has 15 heavy (non-hydrogen) atoms. The molecule has 0 aromatic rings. The zero-order chi connectivity index (χ0) is 11.8. The molecule has 0 aromatic carbocycles. The van der Waals surface area contributed by atoms with Crippen molar-refractivity contribution in [3.05, 3.63) is 0 Å². The fourth-order valence-electron chi connectivity index (χ4n) is 1.31. The van der Waals surface area contributed by atoms with E-state index < -0.39 is 11.8 Å². The highest BCUT2D eigenvalue weighted by atomic mass is 16.2. The molecule has 0 unspecified atom stereocenters. The van der Waals surface area contributed by atoms with E-state index in [4.69, 9.17) is 0 Å². The van der Waals surface area contributed by atoms with Gasteiger partial charge in [-0.2, -0.15) is 0 Å². The molecule has 0 N–H and O–H groups in total. The lowest BCUT2D eigenvalue weighted by Crippen LogP contribution is -2.43. The van der Waals surface area contributed by atoms with E-state index in [-0.39, 0.29) is 0 Å². The van der Waals surface area contributed by atoms with Crippen LogP contribution in [0.1, 0.15) is 33.6 Å². The Hall–Kier alpha value is -1.06. The van der Waals surface area contributed by atoms with Gasteiger partial charge in [-0.1, -0.05) is 13.3 Å². The van der Waals surface area contributed by atoms with Crippen molar-refractivity contribution >= 4 is 11.8 Å². The highest BCUT2D eigenvalue weighted by Crippen LogP contribution is 1.97. The maximum Gasteiger partial charge on any atom is 0.312 e. The van der Waals surface area contributed by atoms with Gasteiger partial charge in [0.1, 0.15) is 0 Å². The monoisotopic (exact) mass is 214 g/mol. The lowest BCUT2D eigenvalue weighted by molar-refractivity contribution is -0.150. The molecule has 0 radical (unpaired) electrons. The SMILES string of the molecule is CCCCN(C)C(=O)C(=O)N(CC)CC. The fourth-order valence-corrected chi connectivity index (χ4v) is 1.31. The van der Waals surface area contributed by atoms with Crippen LogP contribution in [0.5, 0.6) is 0 Å². The predicted octanol–water partition coefficient (Wildman–Crippen LogP) is 1.11. The number of nitrogens with zero attached hydrogens (tertiary/aromatic N) is 2. The largest absolute Gasteiger partial charge is 0.338 e. The summed E-state index contributed by atoms with van der Waals surface area (Å²) >= 11 is 0. The van der Waals surface area contributed by atoms with Gasteiger partial charge in [-0.05, 0) is 20.3 Å². The Morgan fingerprint density at radius 2 is 1.53 bits per heavy atom. The minimum atomic E-state index is -0.396. The van der Waals surface area contributed by atoms with Crippen LogP contribution in [0.2, 0.25) is 0 Å². The van der Waals surface area contributed by atoms with Crippen LogP contribution in [0.4, 0.5) is 0 Å². The van der Waals surface area contributed by atoms with Crippen molar-refractivity contribution < 1.29 is 9.59 Å². The van der Waals surface area contributed by atoms with Crippen molar-refractivity contribution in [3.8, 4) is 0 Å². The zero-order valence-electron chi connectivity index (χ0n) is 10.2. The normalized spacial score (nSPS) is 9.87. The molecule has 0 rings (SSSR count). The Morgan fingerprint density at radius 3 is 1.93 bits per heavy atom. The van der Waals surface area contributed by atoms with Crippen LogP contribution >= 0.6 is 0 Å². The molecule has 0 spiro atoms. The number of carbonyl (C=O) groups excluding carboxylic acids is 2. The Balaban J connectivity index is 4.23. The zero-order valence-corrected chi connectivity index (χ0v) is 10.2. The molecule has 0 saturated heterocycles. The van der Waals surface area contributed by atoms with E-state index in [0.29, 0.717) is 19.6 Å². The first-order valence-corrected chi connectivity index (χ1v) is 5.62. The van der Waals surface area contributed by atoms with Gasteiger partial charge in [0, 0.05) is 26.7 Å². The molecule has 0 bridgehead atoms. The number of unbranched alkanes of at least 4 members (excludes halogenated alkanes) is 1. The number of carbonyl (C=O) groups is 2. The van der Waals surface area contributed by atoms with Crippen LogP contribution < -0.4 is 0 Å². The number of likely N-dealkylation sites (N-methyl/N-ethyl adjacent to an activating group) is 2. The lowest BCUT2D eigenvalue weighted by atomic mass is 10.3. The van der Waals surface area contributed by atoms with E-state index in [9.17, 15) is 9.59 Å². The molecule has 4 heteroatoms. The third-order valence-corrected chi connectivity index (χ3v) is 2.43. The summed E-state index contributed by atoms with van der Waals surface area (Å²) in [5.74, 6) is -0.786. The number of hydrogen-bond acceptors (Lipinski definition) is 2. The molecule has 0 atom stereocenters. The molecule has 0 aliphatic rings. The smallest absolute Gasteiger partial charge is 0.312 e. The van der Waals surface area contributed by atoms with Crippen molar-refractivity contribution in [1.82, 2.24) is 9.80 Å². The van der Waals surface area contributed by atoms with Crippen molar-refractivity contribution in [2.24, 2.45) is 0 Å². The molecule has 0 saturated carbocycles. The van der Waals surface area contributed by atoms with E-state index in [1.54, 1.807) is 11.9 Å². The first-order chi connectivity index (χ1) is 7.08. The van der Waals surface area contributed by atoms with E-state index >= 15 is 0 Å². The van der Waals surface area contributed by atoms with Crippen LogP contribution in [0, 0.1) is 0 Å². The van der Waals surface area contributed by atoms with Gasteiger partial charge in [-0.25, -0.2) is 0 Å². The topological polar surface area (TPSA) is 40.6 Å². The molecule has 88 valence electrons. The quantitative estimate of drug-likeness (QED) is 0.643. The Kier molecular flexibility index (Phi) is 6.75. The predicted molar refractivity (Wildman–Crippen MR) is 60.5 cm³/mol. The minimum Gasteiger partial charge on any atom is -0.338 e. The van der Waals surface area contributed by atoms with Crippen molar-refractivity contribution in [2.75, 3.05) is 26.7 Å². The third-order valence-electron chi connectivity index (χ3n) is 2.43. The third kappa shape index (κ3) is 4.32. The average molecular weight is 214 g/mol. The number of hydrogen-bond donors (Lipinski definition) is 0. The van der Waals surface area contributed by atoms with Gasteiger partial charge in [-0.15, -0.1) is 0 Å². The molecule has 0 heterocycles. The summed E-state index contributed by atoms with van der Waals surface area (Å²) in [7, 11) is 1.68. The first-order valence-electron chi connectivity index (χ1n) is 5.62. The highest BCUT2D eigenvalue weighted by Gasteiger charge is 2.22. The lowest BCUT2D eigenvalue weighted by Gasteiger charge is -2.22. The summed E-state index contributed by atoms with van der Waals surface area (Å²) in [6, 6.07) is 0. The summed E-state index contributed by atoms with van der Waals surface area (Å²) in [5.41, 5.74) is 0. The van der Waals surface area contributed by atoms with Crippen LogP contribution in [0.3, 0.4) is 0 Å². The fraction of sp³-hybridized carbons (Fsp3) is 0.818. The second-order valence-corrected chi connectivity index (χ2v) is 3.56. The summed E-state index contributed by atoms with van der Waals surface area (Å²) in [5, 5.41) is 0. The summed E-state index contributed by atoms with van der Waals surface area (Å²) in [6.07, 6.45) is 1.96. The second-order valence-electron chi connectivity index (χ2n) is 3.56. The first kappa shape index (κ1) is 13.9. The van der Waals surface area contributed by atoms with Crippen LogP contribution in [-0.4, -0.2) is 48.3 Å². The van der Waals surface area contributed by atoms with Crippen LogP contribution in [0.15, 0.2) is 0 Å². The van der Waals surface area contributed by atoms with Gasteiger partial charge in [0.25, 0.3) is 0 Å². The molecule has 0 aliphatic carbocycles. The Morgan fingerprint density at radius 1 is 1.00 bits per heavy atom. The van der Waals surface area contributed by atoms with Crippen LogP contribution in [0.25, 0.3) is 0 Å². The van der Waals surface area contributed by atoms with E-state index in [0.717, 1.165) is 12.8 Å². The molecule has 2 amide bonds. The molecule has 0 aliphatic heterocycles. The van der Waals surface area contributed by atoms with E-state index in [2.05, 4.69) is 6.92 Å². The standard InChI is InChI=1S/C11H22N2O2/c1-5-8-9-12(4)10(14)11(15)13(6-2)7-3/h5-9H2,1-4H3. The van der Waals surface area contributed by atoms with Crippen LogP contribution in [-0.2, 0) is 9.59 Å². The van der Waals surface area contributed by atoms with Gasteiger partial charge in [0.05, 0.1) is 0 Å². The van der Waals surface area contributed by atoms with Gasteiger partial charge in [-0.3, -0.25) is 9.59 Å². The summed E-state index contributed by atoms with van der Waals surface area (Å²) < 4.78 is 0. The van der Waals surface area contributed by atoms with Gasteiger partial charge < -0.3 is 9.80 Å². The van der Waals surface area contributed by atoms with Gasteiger partial charge >= 0.3 is 11.8 Å². The van der Waals surface area contributed by atoms with E-state index in [1.807, 2.05) is 13.8 Å². The molecular weight excluding hydrogens is 192 g/mol. The minimum absolute atomic E-state index is 0.390. The summed E-state index contributed by atoms with van der Waals surface area (Å²) in [4.78, 5) is 26.3. The highest BCUT2D eigenvalue weighted by molar-refractivity contribution is 6.34. The van der Waals surface area contributed by atoms with Crippen molar-refractivity contribution in [3.63, 3.8) is 0 Å². The second kappa shape index (κ2) is 7.26. The molecule has 0 fully saturated rings. The molecular formula is C11H22N2O2.